The molecule has 1 aromatic carbocycles. The molecule has 0 bridgehead atoms. The average molecular weight is 220 g/mol. The van der Waals surface area contributed by atoms with Crippen molar-refractivity contribution >= 4 is 5.78 Å². The maximum atomic E-state index is 12.3. The lowest BCUT2D eigenvalue weighted by atomic mass is 9.84. The molecule has 0 saturated carbocycles. The molecule has 1 unspecified atom stereocenters. The summed E-state index contributed by atoms with van der Waals surface area (Å²) in [4.78, 5) is 12.3. The van der Waals surface area contributed by atoms with Gasteiger partial charge in [0.15, 0.2) is 5.78 Å². The Morgan fingerprint density at radius 3 is 2.25 bits per heavy atom. The Hall–Kier alpha value is -1.15. The van der Waals surface area contributed by atoms with Crippen LogP contribution in [0, 0.1) is 5.41 Å². The molecule has 2 heteroatoms. The van der Waals surface area contributed by atoms with E-state index in [-0.39, 0.29) is 17.3 Å². The minimum Gasteiger partial charge on any atom is -0.370 e. The average Bonchev–Trinajstić information content (AvgIpc) is 2.25. The van der Waals surface area contributed by atoms with Gasteiger partial charge in [0.1, 0.15) is 6.10 Å². The van der Waals surface area contributed by atoms with Gasteiger partial charge in [-0.2, -0.15) is 0 Å². The molecule has 16 heavy (non-hydrogen) atoms. The van der Waals surface area contributed by atoms with Gasteiger partial charge >= 0.3 is 0 Å². The van der Waals surface area contributed by atoms with Crippen molar-refractivity contribution in [3.8, 4) is 0 Å². The number of carbonyl (C=O) groups is 1. The molecule has 0 aliphatic rings. The van der Waals surface area contributed by atoms with E-state index in [9.17, 15) is 4.79 Å². The van der Waals surface area contributed by atoms with Crippen LogP contribution in [0.15, 0.2) is 30.3 Å². The van der Waals surface area contributed by atoms with Crippen LogP contribution in [0.2, 0.25) is 0 Å². The summed E-state index contributed by atoms with van der Waals surface area (Å²) < 4.78 is 5.57. The molecule has 1 aromatic rings. The van der Waals surface area contributed by atoms with E-state index < -0.39 is 0 Å². The van der Waals surface area contributed by atoms with Crippen LogP contribution in [-0.4, -0.2) is 18.5 Å². The molecule has 2 nitrogen and oxygen atoms in total. The smallest absolute Gasteiger partial charge is 0.192 e. The Kier molecular flexibility index (Phi) is 4.25. The van der Waals surface area contributed by atoms with Gasteiger partial charge in [0.25, 0.3) is 0 Å². The van der Waals surface area contributed by atoms with Crippen LogP contribution in [-0.2, 0) is 4.74 Å². The van der Waals surface area contributed by atoms with Crippen LogP contribution in [0.25, 0.3) is 0 Å². The summed E-state index contributed by atoms with van der Waals surface area (Å²) in [6, 6.07) is 9.32. The predicted octanol–water partition coefficient (Wildman–Crippen LogP) is 3.32. The van der Waals surface area contributed by atoms with Gasteiger partial charge in [0.05, 0.1) is 0 Å². The van der Waals surface area contributed by atoms with Crippen molar-refractivity contribution in [3.63, 3.8) is 0 Å². The minimum absolute atomic E-state index is 0.0648. The van der Waals surface area contributed by atoms with Crippen LogP contribution in [0.3, 0.4) is 0 Å². The molecule has 0 aliphatic heterocycles. The van der Waals surface area contributed by atoms with Crippen LogP contribution in [0.5, 0.6) is 0 Å². The van der Waals surface area contributed by atoms with Crippen molar-refractivity contribution in [1.82, 2.24) is 0 Å². The van der Waals surface area contributed by atoms with Gasteiger partial charge in [-0.1, -0.05) is 51.1 Å². The van der Waals surface area contributed by atoms with E-state index in [0.29, 0.717) is 6.61 Å². The maximum absolute atomic E-state index is 12.3. The van der Waals surface area contributed by atoms with E-state index in [0.717, 1.165) is 5.56 Å². The largest absolute Gasteiger partial charge is 0.370 e. The topological polar surface area (TPSA) is 26.3 Å². The van der Waals surface area contributed by atoms with E-state index >= 15 is 0 Å². The number of hydrogen-bond donors (Lipinski definition) is 0. The lowest BCUT2D eigenvalue weighted by molar-refractivity contribution is -0.000218. The number of Topliss-reactive ketones (excluding diaryl/α,β-unsaturated/α-hetero) is 1. The van der Waals surface area contributed by atoms with E-state index in [2.05, 4.69) is 0 Å². The number of hydrogen-bond acceptors (Lipinski definition) is 2. The fourth-order valence-electron chi connectivity index (χ4n) is 1.64. The Morgan fingerprint density at radius 1 is 1.25 bits per heavy atom. The van der Waals surface area contributed by atoms with Gasteiger partial charge in [0.2, 0.25) is 0 Å². The highest BCUT2D eigenvalue weighted by molar-refractivity contribution is 5.99. The fraction of sp³-hybridized carbons (Fsp3) is 0.500. The first-order valence-electron chi connectivity index (χ1n) is 5.67. The van der Waals surface area contributed by atoms with E-state index in [1.54, 1.807) is 0 Å². The van der Waals surface area contributed by atoms with Gasteiger partial charge in [-0.05, 0) is 12.3 Å². The Bertz CT molecular complexity index is 336. The molecule has 0 aliphatic carbocycles. The highest BCUT2D eigenvalue weighted by atomic mass is 16.5. The first-order chi connectivity index (χ1) is 7.46. The molecule has 0 heterocycles. The standard InChI is InChI=1S/C14H20O2/c1-5-16-13(14(2,3)4)12(15)11-9-7-6-8-10-11/h6-10,13H,5H2,1-4H3. The normalized spacial score (nSPS) is 13.5. The molecule has 0 amide bonds. The van der Waals surface area contributed by atoms with E-state index in [1.807, 2.05) is 58.0 Å². The second-order valence-corrected chi connectivity index (χ2v) is 4.93. The first-order valence-corrected chi connectivity index (χ1v) is 5.67. The number of carbonyl (C=O) groups excluding carboxylic acids is 1. The summed E-state index contributed by atoms with van der Waals surface area (Å²) in [5.41, 5.74) is 0.541. The number of rotatable bonds is 4. The third-order valence-electron chi connectivity index (χ3n) is 2.42. The quantitative estimate of drug-likeness (QED) is 0.728. The maximum Gasteiger partial charge on any atom is 0.192 e. The SMILES string of the molecule is CCOC(C(=O)c1ccccc1)C(C)(C)C. The highest BCUT2D eigenvalue weighted by Crippen LogP contribution is 2.25. The summed E-state index contributed by atoms with van der Waals surface area (Å²) in [5.74, 6) is 0.0648. The third kappa shape index (κ3) is 3.17. The summed E-state index contributed by atoms with van der Waals surface area (Å²) >= 11 is 0. The zero-order valence-corrected chi connectivity index (χ0v) is 10.5. The van der Waals surface area contributed by atoms with Crippen LogP contribution < -0.4 is 0 Å². The second kappa shape index (κ2) is 5.26. The summed E-state index contributed by atoms with van der Waals surface area (Å²) in [6.45, 7) is 8.54. The Labute approximate surface area is 97.6 Å². The predicted molar refractivity (Wildman–Crippen MR) is 65.6 cm³/mol. The fourth-order valence-corrected chi connectivity index (χ4v) is 1.64. The van der Waals surface area contributed by atoms with Gasteiger partial charge < -0.3 is 4.74 Å². The molecule has 0 spiro atoms. The summed E-state index contributed by atoms with van der Waals surface area (Å²) in [5, 5.41) is 0. The zero-order chi connectivity index (χ0) is 12.2. The van der Waals surface area contributed by atoms with Crippen molar-refractivity contribution in [3.05, 3.63) is 35.9 Å². The molecule has 0 radical (unpaired) electrons. The van der Waals surface area contributed by atoms with Gasteiger partial charge in [-0.15, -0.1) is 0 Å². The molecule has 1 atom stereocenters. The number of ketones is 1. The van der Waals surface area contributed by atoms with E-state index in [4.69, 9.17) is 4.74 Å². The molecular weight excluding hydrogens is 200 g/mol. The van der Waals surface area contributed by atoms with Crippen molar-refractivity contribution in [2.75, 3.05) is 6.61 Å². The van der Waals surface area contributed by atoms with Gasteiger partial charge in [-0.25, -0.2) is 0 Å². The Balaban J connectivity index is 2.92. The second-order valence-electron chi connectivity index (χ2n) is 4.93. The molecule has 0 N–H and O–H groups in total. The highest BCUT2D eigenvalue weighted by Gasteiger charge is 2.32. The minimum atomic E-state index is -0.375. The molecule has 0 fully saturated rings. The van der Waals surface area contributed by atoms with Crippen molar-refractivity contribution < 1.29 is 9.53 Å². The summed E-state index contributed by atoms with van der Waals surface area (Å²) in [7, 11) is 0. The van der Waals surface area contributed by atoms with Gasteiger partial charge in [-0.3, -0.25) is 4.79 Å². The first kappa shape index (κ1) is 12.9. The monoisotopic (exact) mass is 220 g/mol. The van der Waals surface area contributed by atoms with Crippen LogP contribution >= 0.6 is 0 Å². The molecular formula is C14H20O2. The number of benzene rings is 1. The molecule has 0 aromatic heterocycles. The zero-order valence-electron chi connectivity index (χ0n) is 10.5. The molecule has 88 valence electrons. The van der Waals surface area contributed by atoms with Crippen molar-refractivity contribution in [2.24, 2.45) is 5.41 Å². The van der Waals surface area contributed by atoms with Gasteiger partial charge in [0, 0.05) is 12.2 Å². The van der Waals surface area contributed by atoms with Crippen LogP contribution in [0.1, 0.15) is 38.1 Å². The van der Waals surface area contributed by atoms with Crippen LogP contribution in [0.4, 0.5) is 0 Å². The third-order valence-corrected chi connectivity index (χ3v) is 2.42. The van der Waals surface area contributed by atoms with E-state index in [1.165, 1.54) is 0 Å². The number of ether oxygens (including phenoxy) is 1. The summed E-state index contributed by atoms with van der Waals surface area (Å²) in [6.07, 6.45) is -0.375. The van der Waals surface area contributed by atoms with Crippen molar-refractivity contribution in [2.45, 2.75) is 33.8 Å². The lowest BCUT2D eigenvalue weighted by Crippen LogP contribution is -2.37. The molecule has 1 rings (SSSR count). The van der Waals surface area contributed by atoms with Crippen molar-refractivity contribution in [1.29, 1.82) is 0 Å². The molecule has 0 saturated heterocycles. The Morgan fingerprint density at radius 2 is 1.81 bits per heavy atom. The lowest BCUT2D eigenvalue weighted by Gasteiger charge is -2.29.